The van der Waals surface area contributed by atoms with E-state index in [1.807, 2.05) is 13.8 Å². The molecular formula is C19H30. The average molecular weight is 258 g/mol. The Bertz CT molecular complexity index is 426. The number of hydrogen-bond acceptors (Lipinski definition) is 0. The lowest BCUT2D eigenvalue weighted by Crippen LogP contribution is -1.80. The van der Waals surface area contributed by atoms with Crippen molar-refractivity contribution in [1.82, 2.24) is 0 Å². The van der Waals surface area contributed by atoms with Crippen LogP contribution in [0, 0.1) is 19.8 Å². The third kappa shape index (κ3) is 5.92. The molecule has 0 atom stereocenters. The maximum atomic E-state index is 2.22. The van der Waals surface area contributed by atoms with E-state index in [2.05, 4.69) is 71.0 Å². The minimum absolute atomic E-state index is 0.884. The third-order valence-corrected chi connectivity index (χ3v) is 3.18. The lowest BCUT2D eigenvalue weighted by Gasteiger charge is -2.03. The van der Waals surface area contributed by atoms with E-state index < -0.39 is 0 Å². The first-order valence-electron chi connectivity index (χ1n) is 7.51. The van der Waals surface area contributed by atoms with E-state index >= 15 is 0 Å². The van der Waals surface area contributed by atoms with Gasteiger partial charge in [0.25, 0.3) is 0 Å². The number of benzene rings is 2. The fourth-order valence-corrected chi connectivity index (χ4v) is 1.60. The molecule has 2 rings (SSSR count). The van der Waals surface area contributed by atoms with Crippen LogP contribution in [0.3, 0.4) is 0 Å². The standard InChI is InChI=1S/C12H12.C5H12.C2H6/c1-9-7-8-10(2)12-6-4-3-5-11(9)12;1-4-5(2)3;1-2/h3-8H,1-2H3;5H,4H2,1-3H3;1-2H3. The summed E-state index contributed by atoms with van der Waals surface area (Å²) in [7, 11) is 0. The lowest BCUT2D eigenvalue weighted by atomic mass is 10.0. The molecule has 0 amide bonds. The minimum Gasteiger partial charge on any atom is -0.0683 e. The fourth-order valence-electron chi connectivity index (χ4n) is 1.60. The average Bonchev–Trinajstić information content (AvgIpc) is 2.46. The van der Waals surface area contributed by atoms with Gasteiger partial charge in [-0.1, -0.05) is 77.4 Å². The summed E-state index contributed by atoms with van der Waals surface area (Å²) in [6.45, 7) is 15.0. The molecule has 0 heterocycles. The van der Waals surface area contributed by atoms with Crippen LogP contribution in [-0.4, -0.2) is 0 Å². The van der Waals surface area contributed by atoms with Gasteiger partial charge in [0.15, 0.2) is 0 Å². The molecule has 0 fully saturated rings. The summed E-state index contributed by atoms with van der Waals surface area (Å²) in [4.78, 5) is 0. The van der Waals surface area contributed by atoms with Crippen molar-refractivity contribution < 1.29 is 0 Å². The molecule has 0 nitrogen and oxygen atoms in total. The maximum absolute atomic E-state index is 2.22. The molecule has 0 spiro atoms. The Kier molecular flexibility index (Phi) is 8.95. The molecule has 0 heteroatoms. The molecule has 0 N–H and O–H groups in total. The summed E-state index contributed by atoms with van der Waals surface area (Å²) in [5, 5.41) is 2.75. The predicted molar refractivity (Wildman–Crippen MR) is 89.9 cm³/mol. The highest BCUT2D eigenvalue weighted by Gasteiger charge is 1.97. The Hall–Kier alpha value is -1.30. The first-order valence-corrected chi connectivity index (χ1v) is 7.51. The Morgan fingerprint density at radius 1 is 0.789 bits per heavy atom. The molecule has 0 radical (unpaired) electrons. The molecule has 0 unspecified atom stereocenters. The highest BCUT2D eigenvalue weighted by Crippen LogP contribution is 2.20. The van der Waals surface area contributed by atoms with Gasteiger partial charge >= 0.3 is 0 Å². The van der Waals surface area contributed by atoms with Gasteiger partial charge in [-0.2, -0.15) is 0 Å². The molecule has 2 aromatic rings. The van der Waals surface area contributed by atoms with Crippen molar-refractivity contribution in [2.75, 3.05) is 0 Å². The minimum atomic E-state index is 0.884. The molecule has 19 heavy (non-hydrogen) atoms. The van der Waals surface area contributed by atoms with Gasteiger partial charge < -0.3 is 0 Å². The van der Waals surface area contributed by atoms with E-state index in [9.17, 15) is 0 Å². The van der Waals surface area contributed by atoms with E-state index in [-0.39, 0.29) is 0 Å². The van der Waals surface area contributed by atoms with E-state index in [4.69, 9.17) is 0 Å². The Balaban J connectivity index is 0.000000396. The van der Waals surface area contributed by atoms with Crippen LogP contribution in [0.25, 0.3) is 10.8 Å². The molecule has 0 saturated heterocycles. The second-order valence-corrected chi connectivity index (χ2v) is 5.05. The highest BCUT2D eigenvalue weighted by molar-refractivity contribution is 5.88. The Morgan fingerprint density at radius 2 is 1.11 bits per heavy atom. The molecule has 0 bridgehead atoms. The normalized spacial score (nSPS) is 9.47. The largest absolute Gasteiger partial charge is 0.0683 e. The highest BCUT2D eigenvalue weighted by atomic mass is 14.0. The van der Waals surface area contributed by atoms with E-state index in [1.54, 1.807) is 0 Å². The van der Waals surface area contributed by atoms with Crippen molar-refractivity contribution in [3.8, 4) is 0 Å². The van der Waals surface area contributed by atoms with Crippen LogP contribution in [0.5, 0.6) is 0 Å². The van der Waals surface area contributed by atoms with Gasteiger partial charge in [0.05, 0.1) is 0 Å². The molecule has 0 saturated carbocycles. The van der Waals surface area contributed by atoms with Gasteiger partial charge in [0.1, 0.15) is 0 Å². The zero-order chi connectivity index (χ0) is 14.8. The molecular weight excluding hydrogens is 228 g/mol. The number of rotatable bonds is 1. The van der Waals surface area contributed by atoms with Crippen molar-refractivity contribution in [1.29, 1.82) is 0 Å². The lowest BCUT2D eigenvalue weighted by molar-refractivity contribution is 0.626. The van der Waals surface area contributed by atoms with Gasteiger partial charge in [0.2, 0.25) is 0 Å². The van der Waals surface area contributed by atoms with Crippen molar-refractivity contribution in [2.24, 2.45) is 5.92 Å². The van der Waals surface area contributed by atoms with Crippen molar-refractivity contribution in [2.45, 2.75) is 54.9 Å². The van der Waals surface area contributed by atoms with Crippen LogP contribution in [0.1, 0.15) is 52.2 Å². The van der Waals surface area contributed by atoms with Crippen LogP contribution < -0.4 is 0 Å². The van der Waals surface area contributed by atoms with Crippen LogP contribution in [0.2, 0.25) is 0 Å². The van der Waals surface area contributed by atoms with E-state index in [0.29, 0.717) is 0 Å². The van der Waals surface area contributed by atoms with Gasteiger partial charge in [-0.15, -0.1) is 0 Å². The third-order valence-electron chi connectivity index (χ3n) is 3.18. The van der Waals surface area contributed by atoms with Crippen molar-refractivity contribution in [3.05, 3.63) is 47.5 Å². The zero-order valence-electron chi connectivity index (χ0n) is 13.7. The summed E-state index contributed by atoms with van der Waals surface area (Å²) < 4.78 is 0. The van der Waals surface area contributed by atoms with Crippen LogP contribution in [-0.2, 0) is 0 Å². The number of hydrogen-bond donors (Lipinski definition) is 0. The van der Waals surface area contributed by atoms with Gasteiger partial charge in [-0.3, -0.25) is 0 Å². The summed E-state index contributed by atoms with van der Waals surface area (Å²) >= 11 is 0. The molecule has 0 aromatic heterocycles. The van der Waals surface area contributed by atoms with Gasteiger partial charge in [0, 0.05) is 0 Å². The van der Waals surface area contributed by atoms with Crippen LogP contribution in [0.15, 0.2) is 36.4 Å². The van der Waals surface area contributed by atoms with Gasteiger partial charge in [-0.25, -0.2) is 0 Å². The second kappa shape index (κ2) is 9.61. The SMILES string of the molecule is CC.CCC(C)C.Cc1ccc(C)c2ccccc12. The fraction of sp³-hybridized carbons (Fsp3) is 0.474. The van der Waals surface area contributed by atoms with Gasteiger partial charge in [-0.05, 0) is 41.7 Å². The topological polar surface area (TPSA) is 0 Å². The monoisotopic (exact) mass is 258 g/mol. The quantitative estimate of drug-likeness (QED) is 0.545. The Labute approximate surface area is 119 Å². The van der Waals surface area contributed by atoms with E-state index in [1.165, 1.54) is 28.3 Å². The summed E-state index contributed by atoms with van der Waals surface area (Å²) in [5.74, 6) is 0.884. The van der Waals surface area contributed by atoms with Crippen molar-refractivity contribution >= 4 is 10.8 Å². The summed E-state index contributed by atoms with van der Waals surface area (Å²) in [6, 6.07) is 12.9. The van der Waals surface area contributed by atoms with Crippen LogP contribution >= 0.6 is 0 Å². The molecule has 0 aliphatic carbocycles. The molecule has 0 aliphatic heterocycles. The Morgan fingerprint density at radius 3 is 1.37 bits per heavy atom. The second-order valence-electron chi connectivity index (χ2n) is 5.05. The molecule has 0 aliphatic rings. The van der Waals surface area contributed by atoms with Crippen molar-refractivity contribution in [3.63, 3.8) is 0 Å². The number of fused-ring (bicyclic) bond motifs is 1. The van der Waals surface area contributed by atoms with Crippen LogP contribution in [0.4, 0.5) is 0 Å². The number of aryl methyl sites for hydroxylation is 2. The first-order chi connectivity index (χ1) is 9.06. The summed E-state index contributed by atoms with van der Waals surface area (Å²) in [6.07, 6.45) is 1.31. The maximum Gasteiger partial charge on any atom is -0.0152 e. The molecule has 2 aromatic carbocycles. The predicted octanol–water partition coefficient (Wildman–Crippen LogP) is 6.54. The first kappa shape index (κ1) is 17.7. The zero-order valence-corrected chi connectivity index (χ0v) is 13.7. The summed E-state index contributed by atoms with van der Waals surface area (Å²) in [5.41, 5.74) is 2.72. The van der Waals surface area contributed by atoms with E-state index in [0.717, 1.165) is 5.92 Å². The molecule has 106 valence electrons. The smallest absolute Gasteiger partial charge is 0.0152 e.